The van der Waals surface area contributed by atoms with E-state index >= 15 is 0 Å². The Bertz CT molecular complexity index is 901. The van der Waals surface area contributed by atoms with Crippen molar-refractivity contribution < 1.29 is 13.9 Å². The number of piperidine rings is 1. The lowest BCUT2D eigenvalue weighted by molar-refractivity contribution is -0.126. The summed E-state index contributed by atoms with van der Waals surface area (Å²) in [6.45, 7) is 6.29. The first kappa shape index (κ1) is 17.7. The lowest BCUT2D eigenvalue weighted by atomic mass is 9.74. The second-order valence-corrected chi connectivity index (χ2v) is 7.38. The van der Waals surface area contributed by atoms with Crippen molar-refractivity contribution in [3.05, 3.63) is 71.6 Å². The molecule has 0 radical (unpaired) electrons. The van der Waals surface area contributed by atoms with Crippen molar-refractivity contribution in [2.75, 3.05) is 19.7 Å². The number of likely N-dealkylation sites (tertiary alicyclic amines) is 1. The number of ether oxygens (including phenoxy) is 1. The fourth-order valence-corrected chi connectivity index (χ4v) is 4.08. The zero-order valence-corrected chi connectivity index (χ0v) is 15.2. The summed E-state index contributed by atoms with van der Waals surface area (Å²) in [5.74, 6) is 0.427. The molecule has 0 aliphatic carbocycles. The number of benzene rings is 2. The number of fused-ring (bicyclic) bond motifs is 2. The lowest BCUT2D eigenvalue weighted by Crippen LogP contribution is -2.46. The van der Waals surface area contributed by atoms with E-state index in [0.717, 1.165) is 24.2 Å². The van der Waals surface area contributed by atoms with Crippen LogP contribution in [0.3, 0.4) is 0 Å². The van der Waals surface area contributed by atoms with Gasteiger partial charge in [-0.05, 0) is 42.2 Å². The number of carbonyl (C=O) groups excluding carboxylic acids is 1. The maximum absolute atomic E-state index is 13.4. The van der Waals surface area contributed by atoms with E-state index in [1.807, 2.05) is 17.0 Å². The van der Waals surface area contributed by atoms with E-state index in [9.17, 15) is 9.18 Å². The van der Waals surface area contributed by atoms with Crippen molar-refractivity contribution in [1.82, 2.24) is 4.90 Å². The fourth-order valence-electron chi connectivity index (χ4n) is 4.08. The van der Waals surface area contributed by atoms with Crippen LogP contribution in [0, 0.1) is 5.82 Å². The summed E-state index contributed by atoms with van der Waals surface area (Å²) in [7, 11) is 0. The summed E-state index contributed by atoms with van der Waals surface area (Å²) < 4.78 is 19.4. The number of hydrogen-bond donors (Lipinski definition) is 1. The molecule has 1 saturated heterocycles. The minimum atomic E-state index is -0.366. The summed E-state index contributed by atoms with van der Waals surface area (Å²) in [6, 6.07) is 12.2. The molecule has 0 aromatic heterocycles. The predicted octanol–water partition coefficient (Wildman–Crippen LogP) is 3.25. The smallest absolute Gasteiger partial charge is 0.253 e. The molecule has 4 nitrogen and oxygen atoms in total. The van der Waals surface area contributed by atoms with E-state index < -0.39 is 0 Å². The molecular formula is C22H23FN2O2. The Morgan fingerprint density at radius 1 is 1.22 bits per heavy atom. The van der Waals surface area contributed by atoms with Crippen LogP contribution in [-0.4, -0.2) is 30.5 Å². The number of amides is 1. The Balaban J connectivity index is 1.49. The maximum Gasteiger partial charge on any atom is 0.253 e. The molecule has 1 fully saturated rings. The van der Waals surface area contributed by atoms with E-state index in [1.165, 1.54) is 17.7 Å². The largest absolute Gasteiger partial charge is 0.492 e. The Labute approximate surface area is 158 Å². The van der Waals surface area contributed by atoms with Gasteiger partial charge in [0.2, 0.25) is 0 Å². The van der Waals surface area contributed by atoms with Crippen molar-refractivity contribution >= 4 is 11.5 Å². The highest BCUT2D eigenvalue weighted by atomic mass is 19.1. The number of hydrogen-bond acceptors (Lipinski definition) is 3. The molecule has 2 aromatic rings. The number of halogens is 1. The first-order valence-corrected chi connectivity index (χ1v) is 9.23. The van der Waals surface area contributed by atoms with Crippen LogP contribution in [0.2, 0.25) is 0 Å². The third kappa shape index (κ3) is 3.12. The predicted molar refractivity (Wildman–Crippen MR) is 103 cm³/mol. The molecule has 2 heterocycles. The van der Waals surface area contributed by atoms with Crippen molar-refractivity contribution in [2.24, 2.45) is 5.73 Å². The van der Waals surface area contributed by atoms with Crippen LogP contribution < -0.4 is 10.5 Å². The molecular weight excluding hydrogens is 343 g/mol. The first-order valence-electron chi connectivity index (χ1n) is 9.23. The van der Waals surface area contributed by atoms with Gasteiger partial charge in [-0.2, -0.15) is 0 Å². The Morgan fingerprint density at radius 3 is 2.70 bits per heavy atom. The van der Waals surface area contributed by atoms with E-state index in [4.69, 9.17) is 10.5 Å². The van der Waals surface area contributed by atoms with Crippen LogP contribution in [-0.2, 0) is 16.8 Å². The number of carbonyl (C=O) groups is 1. The van der Waals surface area contributed by atoms with Gasteiger partial charge in [0.15, 0.2) is 0 Å². The van der Waals surface area contributed by atoms with E-state index in [2.05, 4.69) is 12.6 Å². The van der Waals surface area contributed by atoms with Crippen LogP contribution in [0.5, 0.6) is 5.75 Å². The molecule has 4 rings (SSSR count). The highest BCUT2D eigenvalue weighted by molar-refractivity contribution is 6.18. The molecule has 140 valence electrons. The van der Waals surface area contributed by atoms with Gasteiger partial charge in [0.25, 0.3) is 5.91 Å². The zero-order chi connectivity index (χ0) is 19.0. The summed E-state index contributed by atoms with van der Waals surface area (Å²) in [5.41, 5.74) is 8.90. The highest BCUT2D eigenvalue weighted by Crippen LogP contribution is 2.46. The molecule has 2 aliphatic heterocycles. The van der Waals surface area contributed by atoms with Crippen LogP contribution in [0.25, 0.3) is 5.57 Å². The van der Waals surface area contributed by atoms with Gasteiger partial charge in [-0.25, -0.2) is 4.39 Å². The average molecular weight is 366 g/mol. The minimum absolute atomic E-state index is 0.0581. The van der Waals surface area contributed by atoms with Gasteiger partial charge in [0, 0.05) is 36.2 Å². The van der Waals surface area contributed by atoms with Gasteiger partial charge in [0.1, 0.15) is 11.6 Å². The van der Waals surface area contributed by atoms with Gasteiger partial charge in [0.05, 0.1) is 6.61 Å². The topological polar surface area (TPSA) is 55.6 Å². The lowest BCUT2D eigenvalue weighted by Gasteiger charge is -2.39. The SMILES string of the molecule is C=C(C(=O)N1CCC2(CC1)COc1ccc(CN)cc12)c1cccc(F)c1. The molecule has 2 aromatic carbocycles. The van der Waals surface area contributed by atoms with E-state index in [1.54, 1.807) is 12.1 Å². The normalized spacial score (nSPS) is 17.5. The summed E-state index contributed by atoms with van der Waals surface area (Å²) in [4.78, 5) is 14.6. The number of rotatable bonds is 3. The second-order valence-electron chi connectivity index (χ2n) is 7.38. The van der Waals surface area contributed by atoms with Gasteiger partial charge in [-0.15, -0.1) is 0 Å². The summed E-state index contributed by atoms with van der Waals surface area (Å²) in [5, 5.41) is 0. The van der Waals surface area contributed by atoms with Gasteiger partial charge < -0.3 is 15.4 Å². The zero-order valence-electron chi connectivity index (χ0n) is 15.2. The molecule has 0 unspecified atom stereocenters. The van der Waals surface area contributed by atoms with Gasteiger partial charge in [-0.3, -0.25) is 4.79 Å². The van der Waals surface area contributed by atoms with Crippen LogP contribution in [0.15, 0.2) is 49.0 Å². The van der Waals surface area contributed by atoms with E-state index in [0.29, 0.717) is 37.4 Å². The fraction of sp³-hybridized carbons (Fsp3) is 0.318. The molecule has 0 atom stereocenters. The minimum Gasteiger partial charge on any atom is -0.492 e. The third-order valence-corrected chi connectivity index (χ3v) is 5.79. The molecule has 27 heavy (non-hydrogen) atoms. The Kier molecular flexibility index (Phi) is 4.48. The van der Waals surface area contributed by atoms with Crippen LogP contribution in [0.1, 0.15) is 29.5 Å². The standard InChI is InChI=1S/C22H23FN2O2/c1-15(17-3-2-4-18(23)12-17)21(26)25-9-7-22(8-10-25)14-27-20-6-5-16(13-24)11-19(20)22/h2-6,11-12H,1,7-10,13-14,24H2. The summed E-state index contributed by atoms with van der Waals surface area (Å²) >= 11 is 0. The molecule has 0 saturated carbocycles. The maximum atomic E-state index is 13.4. The highest BCUT2D eigenvalue weighted by Gasteiger charge is 2.44. The first-order chi connectivity index (χ1) is 13.0. The van der Waals surface area contributed by atoms with Crippen molar-refractivity contribution in [3.8, 4) is 5.75 Å². The Hall–Kier alpha value is -2.66. The average Bonchev–Trinajstić information content (AvgIpc) is 3.05. The Morgan fingerprint density at radius 2 is 2.00 bits per heavy atom. The van der Waals surface area contributed by atoms with Crippen LogP contribution >= 0.6 is 0 Å². The van der Waals surface area contributed by atoms with Crippen LogP contribution in [0.4, 0.5) is 4.39 Å². The summed E-state index contributed by atoms with van der Waals surface area (Å²) in [6.07, 6.45) is 1.66. The molecule has 1 spiro atoms. The number of nitrogens with two attached hydrogens (primary N) is 1. The molecule has 0 bridgehead atoms. The van der Waals surface area contributed by atoms with Crippen molar-refractivity contribution in [1.29, 1.82) is 0 Å². The quantitative estimate of drug-likeness (QED) is 0.849. The van der Waals surface area contributed by atoms with Gasteiger partial charge in [-0.1, -0.05) is 30.8 Å². The molecule has 2 aliphatic rings. The molecule has 2 N–H and O–H groups in total. The van der Waals surface area contributed by atoms with Crippen molar-refractivity contribution in [2.45, 2.75) is 24.8 Å². The van der Waals surface area contributed by atoms with Gasteiger partial charge >= 0.3 is 0 Å². The van der Waals surface area contributed by atoms with E-state index in [-0.39, 0.29) is 17.1 Å². The third-order valence-electron chi connectivity index (χ3n) is 5.79. The van der Waals surface area contributed by atoms with Crippen molar-refractivity contribution in [3.63, 3.8) is 0 Å². The monoisotopic (exact) mass is 366 g/mol. The second kappa shape index (κ2) is 6.82. The molecule has 5 heteroatoms. The molecule has 1 amide bonds. The number of nitrogens with zero attached hydrogens (tertiary/aromatic N) is 1.